The minimum Gasteiger partial charge on any atom is -0.356 e. The first-order valence-corrected chi connectivity index (χ1v) is 8.57. The molecule has 0 bridgehead atoms. The van der Waals surface area contributed by atoms with E-state index in [1.807, 2.05) is 18.2 Å². The fraction of sp³-hybridized carbons (Fsp3) is 0.500. The fourth-order valence-corrected chi connectivity index (χ4v) is 3.20. The molecule has 0 heterocycles. The molecule has 0 saturated carbocycles. The van der Waals surface area contributed by atoms with Crippen LogP contribution in [0.25, 0.3) is 0 Å². The quantitative estimate of drug-likeness (QED) is 0.661. The molecule has 1 aromatic carbocycles. The first kappa shape index (κ1) is 16.7. The van der Waals surface area contributed by atoms with Gasteiger partial charge in [-0.1, -0.05) is 30.3 Å². The summed E-state index contributed by atoms with van der Waals surface area (Å²) in [5, 5.41) is 2.69. The summed E-state index contributed by atoms with van der Waals surface area (Å²) in [6.45, 7) is 0.871. The predicted molar refractivity (Wildman–Crippen MR) is 79.8 cm³/mol. The van der Waals surface area contributed by atoms with Crippen LogP contribution >= 0.6 is 0 Å². The number of rotatable bonds is 9. The molecule has 3 N–H and O–H groups in total. The molecular weight excluding hydrogens is 276 g/mol. The van der Waals surface area contributed by atoms with Crippen LogP contribution in [0.4, 0.5) is 0 Å². The zero-order valence-electron chi connectivity index (χ0n) is 11.5. The summed E-state index contributed by atoms with van der Waals surface area (Å²) in [7, 11) is -3.12. The Kier molecular flexibility index (Phi) is 7.25. The van der Waals surface area contributed by atoms with Gasteiger partial charge in [0.25, 0.3) is 0 Å². The summed E-state index contributed by atoms with van der Waals surface area (Å²) in [6, 6.07) is 9.09. The number of hydrogen-bond acceptors (Lipinski definition) is 4. The SMILES string of the molecule is NCCCC(=O)NCCCS(=O)(=O)Cc1ccccc1. The van der Waals surface area contributed by atoms with E-state index in [-0.39, 0.29) is 17.4 Å². The summed E-state index contributed by atoms with van der Waals surface area (Å²) in [5.74, 6) is 0.0597. The Hall–Kier alpha value is -1.40. The van der Waals surface area contributed by atoms with Crippen LogP contribution in [0.5, 0.6) is 0 Å². The molecule has 20 heavy (non-hydrogen) atoms. The zero-order valence-corrected chi connectivity index (χ0v) is 12.4. The monoisotopic (exact) mass is 298 g/mol. The Morgan fingerprint density at radius 1 is 1.15 bits per heavy atom. The first-order chi connectivity index (χ1) is 9.53. The van der Waals surface area contributed by atoms with Gasteiger partial charge in [0, 0.05) is 13.0 Å². The average molecular weight is 298 g/mol. The van der Waals surface area contributed by atoms with Crippen LogP contribution in [-0.4, -0.2) is 33.2 Å². The van der Waals surface area contributed by atoms with Gasteiger partial charge in [-0.3, -0.25) is 4.79 Å². The Labute approximate surface area is 120 Å². The van der Waals surface area contributed by atoms with Gasteiger partial charge in [-0.2, -0.15) is 0 Å². The highest BCUT2D eigenvalue weighted by Crippen LogP contribution is 2.06. The van der Waals surface area contributed by atoms with Gasteiger partial charge in [-0.25, -0.2) is 8.42 Å². The Bertz CT molecular complexity index is 500. The maximum Gasteiger partial charge on any atom is 0.220 e. The van der Waals surface area contributed by atoms with E-state index in [4.69, 9.17) is 5.73 Å². The number of hydrogen-bond donors (Lipinski definition) is 2. The molecule has 0 radical (unpaired) electrons. The normalized spacial score (nSPS) is 11.2. The van der Waals surface area contributed by atoms with Crippen LogP contribution in [0.15, 0.2) is 30.3 Å². The summed E-state index contributed by atoms with van der Waals surface area (Å²) in [4.78, 5) is 11.3. The van der Waals surface area contributed by atoms with Gasteiger partial charge in [-0.05, 0) is 24.9 Å². The molecule has 5 nitrogen and oxygen atoms in total. The van der Waals surface area contributed by atoms with E-state index < -0.39 is 9.84 Å². The van der Waals surface area contributed by atoms with Gasteiger partial charge in [0.1, 0.15) is 0 Å². The van der Waals surface area contributed by atoms with Crippen LogP contribution in [0.1, 0.15) is 24.8 Å². The Morgan fingerprint density at radius 2 is 1.85 bits per heavy atom. The minimum atomic E-state index is -3.12. The fourth-order valence-electron chi connectivity index (χ4n) is 1.77. The highest BCUT2D eigenvalue weighted by atomic mass is 32.2. The lowest BCUT2D eigenvalue weighted by Crippen LogP contribution is -2.26. The van der Waals surface area contributed by atoms with Gasteiger partial charge < -0.3 is 11.1 Å². The number of carbonyl (C=O) groups is 1. The van der Waals surface area contributed by atoms with Crippen molar-refractivity contribution in [3.8, 4) is 0 Å². The minimum absolute atomic E-state index is 0.0506. The third-order valence-corrected chi connectivity index (χ3v) is 4.48. The van der Waals surface area contributed by atoms with Crippen LogP contribution in [0, 0.1) is 0 Å². The number of carbonyl (C=O) groups excluding carboxylic acids is 1. The van der Waals surface area contributed by atoms with Crippen molar-refractivity contribution in [2.45, 2.75) is 25.0 Å². The van der Waals surface area contributed by atoms with E-state index in [0.29, 0.717) is 32.4 Å². The molecule has 0 aromatic heterocycles. The van der Waals surface area contributed by atoms with E-state index in [1.165, 1.54) is 0 Å². The number of sulfone groups is 1. The van der Waals surface area contributed by atoms with Gasteiger partial charge in [0.2, 0.25) is 5.91 Å². The second-order valence-electron chi connectivity index (χ2n) is 4.67. The maximum absolute atomic E-state index is 11.9. The standard InChI is InChI=1S/C14H22N2O3S/c15-9-4-8-14(17)16-10-5-11-20(18,19)12-13-6-2-1-3-7-13/h1-3,6-7H,4-5,8-12,15H2,(H,16,17). The van der Waals surface area contributed by atoms with E-state index in [9.17, 15) is 13.2 Å². The van der Waals surface area contributed by atoms with Crippen LogP contribution in [0.2, 0.25) is 0 Å². The molecule has 0 unspecified atom stereocenters. The molecular formula is C14H22N2O3S. The second-order valence-corrected chi connectivity index (χ2v) is 6.86. The third-order valence-electron chi connectivity index (χ3n) is 2.79. The van der Waals surface area contributed by atoms with E-state index >= 15 is 0 Å². The lowest BCUT2D eigenvalue weighted by molar-refractivity contribution is -0.121. The molecule has 112 valence electrons. The molecule has 0 saturated heterocycles. The van der Waals surface area contributed by atoms with E-state index in [2.05, 4.69) is 5.32 Å². The molecule has 0 atom stereocenters. The molecule has 0 aliphatic heterocycles. The molecule has 1 amide bonds. The topological polar surface area (TPSA) is 89.3 Å². The summed E-state index contributed by atoms with van der Waals surface area (Å²) in [5.41, 5.74) is 6.09. The van der Waals surface area contributed by atoms with Crippen molar-refractivity contribution in [3.05, 3.63) is 35.9 Å². The molecule has 0 spiro atoms. The highest BCUT2D eigenvalue weighted by Gasteiger charge is 2.11. The van der Waals surface area contributed by atoms with Crippen LogP contribution in [-0.2, 0) is 20.4 Å². The molecule has 0 aliphatic carbocycles. The highest BCUT2D eigenvalue weighted by molar-refractivity contribution is 7.90. The van der Waals surface area contributed by atoms with E-state index in [0.717, 1.165) is 5.56 Å². The van der Waals surface area contributed by atoms with Crippen molar-refractivity contribution in [2.75, 3.05) is 18.8 Å². The molecule has 1 rings (SSSR count). The molecule has 6 heteroatoms. The van der Waals surface area contributed by atoms with Gasteiger partial charge in [0.05, 0.1) is 11.5 Å². The third kappa shape index (κ3) is 7.25. The number of nitrogens with one attached hydrogen (secondary N) is 1. The van der Waals surface area contributed by atoms with Gasteiger partial charge in [-0.15, -0.1) is 0 Å². The average Bonchev–Trinajstić information content (AvgIpc) is 2.42. The van der Waals surface area contributed by atoms with Gasteiger partial charge in [0.15, 0.2) is 9.84 Å². The zero-order chi connectivity index (χ0) is 14.8. The lowest BCUT2D eigenvalue weighted by Gasteiger charge is -2.06. The lowest BCUT2D eigenvalue weighted by atomic mass is 10.2. The van der Waals surface area contributed by atoms with Crippen molar-refractivity contribution >= 4 is 15.7 Å². The number of nitrogens with two attached hydrogens (primary N) is 1. The van der Waals surface area contributed by atoms with Crippen LogP contribution < -0.4 is 11.1 Å². The number of amides is 1. The van der Waals surface area contributed by atoms with Crippen molar-refractivity contribution < 1.29 is 13.2 Å². The maximum atomic E-state index is 11.9. The van der Waals surface area contributed by atoms with E-state index in [1.54, 1.807) is 12.1 Å². The van der Waals surface area contributed by atoms with Crippen molar-refractivity contribution in [1.82, 2.24) is 5.32 Å². The first-order valence-electron chi connectivity index (χ1n) is 6.74. The van der Waals surface area contributed by atoms with Crippen LogP contribution in [0.3, 0.4) is 0 Å². The largest absolute Gasteiger partial charge is 0.356 e. The van der Waals surface area contributed by atoms with Crippen molar-refractivity contribution in [3.63, 3.8) is 0 Å². The molecule has 0 fully saturated rings. The summed E-state index contributed by atoms with van der Waals surface area (Å²) >= 11 is 0. The van der Waals surface area contributed by atoms with Crippen molar-refractivity contribution in [2.24, 2.45) is 5.73 Å². The predicted octanol–water partition coefficient (Wildman–Crippen LogP) is 0.847. The number of benzene rings is 1. The summed E-state index contributed by atoms with van der Waals surface area (Å²) < 4.78 is 23.8. The van der Waals surface area contributed by atoms with Crippen molar-refractivity contribution in [1.29, 1.82) is 0 Å². The summed E-state index contributed by atoms with van der Waals surface area (Å²) in [6.07, 6.45) is 1.48. The smallest absolute Gasteiger partial charge is 0.220 e. The molecule has 1 aromatic rings. The van der Waals surface area contributed by atoms with Gasteiger partial charge >= 0.3 is 0 Å². The Morgan fingerprint density at radius 3 is 2.50 bits per heavy atom. The second kappa shape index (κ2) is 8.71. The Balaban J connectivity index is 2.25. The molecule has 0 aliphatic rings.